The van der Waals surface area contributed by atoms with Crippen LogP contribution in [0.1, 0.15) is 5.69 Å². The number of hydrogen-bond acceptors (Lipinski definition) is 3. The van der Waals surface area contributed by atoms with Gasteiger partial charge in [0.1, 0.15) is 6.61 Å². The molecule has 3 nitrogen and oxygen atoms in total. The molecule has 0 saturated heterocycles. The van der Waals surface area contributed by atoms with Crippen molar-refractivity contribution in [1.29, 1.82) is 0 Å². The van der Waals surface area contributed by atoms with E-state index in [1.165, 1.54) is 0 Å². The van der Waals surface area contributed by atoms with Gasteiger partial charge in [-0.1, -0.05) is 24.3 Å². The summed E-state index contributed by atoms with van der Waals surface area (Å²) in [4.78, 5) is 4.23. The van der Waals surface area contributed by atoms with Gasteiger partial charge in [0.05, 0.1) is 5.69 Å². The van der Waals surface area contributed by atoms with Crippen LogP contribution >= 0.6 is 15.9 Å². The summed E-state index contributed by atoms with van der Waals surface area (Å²) >= 11 is 3.34. The highest BCUT2D eigenvalue weighted by Gasteiger charge is 2.05. The Morgan fingerprint density at radius 3 is 2.50 bits per heavy atom. The van der Waals surface area contributed by atoms with E-state index in [4.69, 9.17) is 4.74 Å². The SMILES string of the molecule is Oc1cc2ccccc2cc1OCc1ccc(Br)cn1. The van der Waals surface area contributed by atoms with Gasteiger partial charge in [-0.05, 0) is 51.0 Å². The van der Waals surface area contributed by atoms with Crippen molar-refractivity contribution in [2.45, 2.75) is 6.61 Å². The van der Waals surface area contributed by atoms with Gasteiger partial charge in [-0.2, -0.15) is 0 Å². The van der Waals surface area contributed by atoms with E-state index >= 15 is 0 Å². The van der Waals surface area contributed by atoms with Crippen molar-refractivity contribution in [3.8, 4) is 11.5 Å². The third kappa shape index (κ3) is 2.75. The minimum absolute atomic E-state index is 0.140. The second-order valence-electron chi connectivity index (χ2n) is 4.42. The molecule has 0 amide bonds. The molecular weight excluding hydrogens is 318 g/mol. The van der Waals surface area contributed by atoms with Gasteiger partial charge in [0, 0.05) is 10.7 Å². The highest BCUT2D eigenvalue weighted by Crippen LogP contribution is 2.31. The van der Waals surface area contributed by atoms with Gasteiger partial charge in [-0.3, -0.25) is 4.98 Å². The average Bonchev–Trinajstić information content (AvgIpc) is 2.47. The molecule has 1 aromatic heterocycles. The van der Waals surface area contributed by atoms with Crippen LogP contribution < -0.4 is 4.74 Å². The minimum atomic E-state index is 0.140. The van der Waals surface area contributed by atoms with Crippen LogP contribution in [0.5, 0.6) is 11.5 Å². The number of phenolic OH excluding ortho intramolecular Hbond substituents is 1. The number of rotatable bonds is 3. The molecular formula is C16H12BrNO2. The summed E-state index contributed by atoms with van der Waals surface area (Å²) < 4.78 is 6.57. The van der Waals surface area contributed by atoms with Crippen molar-refractivity contribution in [2.24, 2.45) is 0 Å². The zero-order chi connectivity index (χ0) is 13.9. The number of pyridine rings is 1. The Morgan fingerprint density at radius 1 is 1.05 bits per heavy atom. The number of benzene rings is 2. The van der Waals surface area contributed by atoms with Crippen LogP contribution in [0.4, 0.5) is 0 Å². The molecule has 0 spiro atoms. The average molecular weight is 330 g/mol. The Hall–Kier alpha value is -2.07. The lowest BCUT2D eigenvalue weighted by molar-refractivity contribution is 0.285. The first kappa shape index (κ1) is 12.9. The fraction of sp³-hybridized carbons (Fsp3) is 0.0625. The second kappa shape index (κ2) is 5.51. The highest BCUT2D eigenvalue weighted by molar-refractivity contribution is 9.10. The van der Waals surface area contributed by atoms with Gasteiger partial charge in [-0.15, -0.1) is 0 Å². The largest absolute Gasteiger partial charge is 0.504 e. The lowest BCUT2D eigenvalue weighted by Crippen LogP contribution is -1.98. The van der Waals surface area contributed by atoms with E-state index in [1.807, 2.05) is 42.5 Å². The van der Waals surface area contributed by atoms with E-state index in [2.05, 4.69) is 20.9 Å². The summed E-state index contributed by atoms with van der Waals surface area (Å²) in [7, 11) is 0. The number of halogens is 1. The predicted octanol–water partition coefficient (Wildman–Crippen LogP) is 4.28. The number of nitrogens with zero attached hydrogens (tertiary/aromatic N) is 1. The normalized spacial score (nSPS) is 10.7. The predicted molar refractivity (Wildman–Crippen MR) is 81.9 cm³/mol. The van der Waals surface area contributed by atoms with Crippen molar-refractivity contribution in [2.75, 3.05) is 0 Å². The standard InChI is InChI=1S/C16H12BrNO2/c17-13-5-6-14(18-9-13)10-20-16-8-12-4-2-1-3-11(12)7-15(16)19/h1-9,19H,10H2. The molecule has 0 radical (unpaired) electrons. The summed E-state index contributed by atoms with van der Waals surface area (Å²) in [5.74, 6) is 0.606. The maximum atomic E-state index is 9.98. The van der Waals surface area contributed by atoms with Crippen molar-refractivity contribution in [3.63, 3.8) is 0 Å². The number of ether oxygens (including phenoxy) is 1. The first-order valence-electron chi connectivity index (χ1n) is 6.17. The molecule has 20 heavy (non-hydrogen) atoms. The zero-order valence-corrected chi connectivity index (χ0v) is 12.2. The molecule has 0 fully saturated rings. The van der Waals surface area contributed by atoms with Gasteiger partial charge < -0.3 is 9.84 Å². The molecule has 0 saturated carbocycles. The molecule has 1 N–H and O–H groups in total. The van der Waals surface area contributed by atoms with E-state index in [0.29, 0.717) is 12.4 Å². The smallest absolute Gasteiger partial charge is 0.162 e. The van der Waals surface area contributed by atoms with E-state index < -0.39 is 0 Å². The van der Waals surface area contributed by atoms with Crippen molar-refractivity contribution < 1.29 is 9.84 Å². The van der Waals surface area contributed by atoms with Crippen LogP contribution in [-0.4, -0.2) is 10.1 Å². The summed E-state index contributed by atoms with van der Waals surface area (Å²) in [6, 6.07) is 15.2. The van der Waals surface area contributed by atoms with Crippen LogP contribution in [0.25, 0.3) is 10.8 Å². The summed E-state index contributed by atoms with van der Waals surface area (Å²) in [6.07, 6.45) is 1.72. The number of aromatic nitrogens is 1. The number of hydrogen-bond donors (Lipinski definition) is 1. The summed E-state index contributed by atoms with van der Waals surface area (Å²) in [6.45, 7) is 0.319. The van der Waals surface area contributed by atoms with Crippen LogP contribution in [0.15, 0.2) is 59.2 Å². The van der Waals surface area contributed by atoms with E-state index in [1.54, 1.807) is 12.3 Å². The first-order valence-corrected chi connectivity index (χ1v) is 6.97. The van der Waals surface area contributed by atoms with E-state index in [-0.39, 0.29) is 5.75 Å². The van der Waals surface area contributed by atoms with Gasteiger partial charge in [0.15, 0.2) is 11.5 Å². The van der Waals surface area contributed by atoms with E-state index in [9.17, 15) is 5.11 Å². The molecule has 0 aliphatic carbocycles. The molecule has 0 aliphatic rings. The van der Waals surface area contributed by atoms with Crippen molar-refractivity contribution >= 4 is 26.7 Å². The third-order valence-electron chi connectivity index (χ3n) is 2.99. The zero-order valence-electron chi connectivity index (χ0n) is 10.6. The third-order valence-corrected chi connectivity index (χ3v) is 3.46. The van der Waals surface area contributed by atoms with Crippen LogP contribution in [0.3, 0.4) is 0 Å². The number of phenols is 1. The molecule has 100 valence electrons. The molecule has 3 aromatic rings. The number of aromatic hydroxyl groups is 1. The molecule has 2 aromatic carbocycles. The van der Waals surface area contributed by atoms with Gasteiger partial charge in [0.25, 0.3) is 0 Å². The lowest BCUT2D eigenvalue weighted by atomic mass is 10.1. The van der Waals surface area contributed by atoms with Crippen molar-refractivity contribution in [3.05, 3.63) is 64.9 Å². The van der Waals surface area contributed by atoms with Gasteiger partial charge >= 0.3 is 0 Å². The molecule has 0 aliphatic heterocycles. The Kier molecular flexibility index (Phi) is 3.56. The Balaban J connectivity index is 1.83. The second-order valence-corrected chi connectivity index (χ2v) is 5.34. The van der Waals surface area contributed by atoms with Gasteiger partial charge in [-0.25, -0.2) is 0 Å². The molecule has 3 rings (SSSR count). The topological polar surface area (TPSA) is 42.4 Å². The van der Waals surface area contributed by atoms with Crippen molar-refractivity contribution in [1.82, 2.24) is 4.98 Å². The van der Waals surface area contributed by atoms with Crippen LogP contribution in [0, 0.1) is 0 Å². The Bertz CT molecular complexity index is 741. The monoisotopic (exact) mass is 329 g/mol. The summed E-state index contributed by atoms with van der Waals surface area (Å²) in [5, 5.41) is 12.0. The van der Waals surface area contributed by atoms with Crippen LogP contribution in [0.2, 0.25) is 0 Å². The lowest BCUT2D eigenvalue weighted by Gasteiger charge is -2.09. The van der Waals surface area contributed by atoms with E-state index in [0.717, 1.165) is 20.9 Å². The molecule has 0 atom stereocenters. The molecule has 0 bridgehead atoms. The molecule has 4 heteroatoms. The molecule has 0 unspecified atom stereocenters. The fourth-order valence-electron chi connectivity index (χ4n) is 1.97. The maximum absolute atomic E-state index is 9.98. The first-order chi connectivity index (χ1) is 9.72. The van der Waals surface area contributed by atoms with Gasteiger partial charge in [0.2, 0.25) is 0 Å². The minimum Gasteiger partial charge on any atom is -0.504 e. The number of fused-ring (bicyclic) bond motifs is 1. The summed E-state index contributed by atoms with van der Waals surface area (Å²) in [5.41, 5.74) is 0.806. The highest BCUT2D eigenvalue weighted by atomic mass is 79.9. The maximum Gasteiger partial charge on any atom is 0.162 e. The molecule has 1 heterocycles. The quantitative estimate of drug-likeness (QED) is 0.779. The Labute approximate surface area is 125 Å². The fourth-order valence-corrected chi connectivity index (χ4v) is 2.20. The van der Waals surface area contributed by atoms with Crippen LogP contribution in [-0.2, 0) is 6.61 Å². The Morgan fingerprint density at radius 2 is 1.80 bits per heavy atom.